The first-order valence-electron chi connectivity index (χ1n) is 6.08. The van der Waals surface area contributed by atoms with E-state index in [-0.39, 0.29) is 10.6 Å². The van der Waals surface area contributed by atoms with E-state index in [0.29, 0.717) is 11.8 Å². The van der Waals surface area contributed by atoms with Crippen LogP contribution in [0.1, 0.15) is 16.8 Å². The predicted octanol–water partition coefficient (Wildman–Crippen LogP) is 3.52. The van der Waals surface area contributed by atoms with Crippen molar-refractivity contribution in [3.63, 3.8) is 0 Å². The lowest BCUT2D eigenvalue weighted by Crippen LogP contribution is -2.13. The van der Waals surface area contributed by atoms with Crippen molar-refractivity contribution < 1.29 is 21.6 Å². The number of benzene rings is 1. The van der Waals surface area contributed by atoms with Gasteiger partial charge in [-0.2, -0.15) is 13.2 Å². The van der Waals surface area contributed by atoms with Crippen molar-refractivity contribution >= 4 is 9.84 Å². The van der Waals surface area contributed by atoms with E-state index in [1.165, 1.54) is 22.9 Å². The van der Waals surface area contributed by atoms with Crippen LogP contribution < -0.4 is 0 Å². The van der Waals surface area contributed by atoms with Crippen LogP contribution in [-0.2, 0) is 16.0 Å². The Labute approximate surface area is 120 Å². The van der Waals surface area contributed by atoms with Gasteiger partial charge in [-0.15, -0.1) is 0 Å². The molecule has 0 aliphatic rings. The number of alkyl halides is 3. The van der Waals surface area contributed by atoms with E-state index >= 15 is 0 Å². The quantitative estimate of drug-likeness (QED) is 0.850. The summed E-state index contributed by atoms with van der Waals surface area (Å²) in [6.07, 6.45) is -2.22. The smallest absolute Gasteiger partial charge is 0.320 e. The topological polar surface area (TPSA) is 39.1 Å². The van der Waals surface area contributed by atoms with Gasteiger partial charge in [0.1, 0.15) is 0 Å². The van der Waals surface area contributed by atoms with Crippen LogP contribution in [-0.4, -0.2) is 19.2 Å². The lowest BCUT2D eigenvalue weighted by molar-refractivity contribution is -0.137. The first kappa shape index (κ1) is 15.6. The van der Waals surface area contributed by atoms with E-state index < -0.39 is 21.6 Å². The molecule has 0 fully saturated rings. The molecule has 1 aromatic heterocycles. The third-order valence-electron chi connectivity index (χ3n) is 3.37. The molecule has 0 aliphatic carbocycles. The highest BCUT2D eigenvalue weighted by Gasteiger charge is 2.35. The molecule has 1 aromatic carbocycles. The number of hydrogen-bond acceptors (Lipinski definition) is 2. The zero-order chi connectivity index (χ0) is 16.0. The van der Waals surface area contributed by atoms with Gasteiger partial charge in [-0.3, -0.25) is 0 Å². The molecule has 0 radical (unpaired) electrons. The maximum absolute atomic E-state index is 13.2. The summed E-state index contributed by atoms with van der Waals surface area (Å²) in [4.78, 5) is -0.347. The molecule has 21 heavy (non-hydrogen) atoms. The van der Waals surface area contributed by atoms with Crippen molar-refractivity contribution in [3.8, 4) is 5.69 Å². The van der Waals surface area contributed by atoms with Crippen LogP contribution in [0.2, 0.25) is 0 Å². The second-order valence-corrected chi connectivity index (χ2v) is 6.92. The molecule has 2 rings (SSSR count). The van der Waals surface area contributed by atoms with E-state index in [4.69, 9.17) is 0 Å². The number of sulfone groups is 1. The Bertz CT molecular complexity index is 789. The average Bonchev–Trinajstić information content (AvgIpc) is 2.67. The fraction of sp³-hybridized carbons (Fsp3) is 0.286. The molecule has 0 unspecified atom stereocenters. The van der Waals surface area contributed by atoms with Crippen LogP contribution in [0, 0.1) is 13.8 Å². The minimum absolute atomic E-state index is 0.0829. The van der Waals surface area contributed by atoms with Gasteiger partial charge in [0.25, 0.3) is 0 Å². The second-order valence-electron chi connectivity index (χ2n) is 4.90. The Kier molecular flexibility index (Phi) is 3.65. The van der Waals surface area contributed by atoms with Gasteiger partial charge in [0.15, 0.2) is 9.84 Å². The number of aromatic nitrogens is 1. The van der Waals surface area contributed by atoms with Gasteiger partial charge < -0.3 is 4.57 Å². The van der Waals surface area contributed by atoms with Crippen molar-refractivity contribution in [3.05, 3.63) is 47.3 Å². The number of halogens is 3. The molecule has 3 nitrogen and oxygen atoms in total. The Morgan fingerprint density at radius 3 is 2.14 bits per heavy atom. The number of nitrogens with zero attached hydrogens (tertiary/aromatic N) is 1. The van der Waals surface area contributed by atoms with Crippen LogP contribution in [0.5, 0.6) is 0 Å². The fourth-order valence-electron chi connectivity index (χ4n) is 2.05. The highest BCUT2D eigenvalue weighted by atomic mass is 32.2. The Hall–Kier alpha value is -1.76. The van der Waals surface area contributed by atoms with E-state index in [9.17, 15) is 21.6 Å². The minimum Gasteiger partial charge on any atom is -0.320 e. The summed E-state index contributed by atoms with van der Waals surface area (Å²) in [5.41, 5.74) is 0.479. The Balaban J connectivity index is 2.76. The zero-order valence-electron chi connectivity index (χ0n) is 11.7. The summed E-state index contributed by atoms with van der Waals surface area (Å²) in [7, 11) is -3.70. The van der Waals surface area contributed by atoms with Crippen LogP contribution in [0.15, 0.2) is 35.4 Å². The standard InChI is InChI=1S/C14H14F3NO2S/c1-9-6-7-18(10(9)2)13-5-4-11(21(3,19)20)8-12(13)14(15,16)17/h4-8H,1-3H3. The zero-order valence-corrected chi connectivity index (χ0v) is 12.5. The van der Waals surface area contributed by atoms with Crippen LogP contribution in [0.3, 0.4) is 0 Å². The van der Waals surface area contributed by atoms with Crippen molar-refractivity contribution in [2.24, 2.45) is 0 Å². The Morgan fingerprint density at radius 1 is 1.10 bits per heavy atom. The van der Waals surface area contributed by atoms with Crippen molar-refractivity contribution in [2.75, 3.05) is 6.26 Å². The number of aryl methyl sites for hydroxylation is 1. The normalized spacial score (nSPS) is 12.7. The van der Waals surface area contributed by atoms with Gasteiger partial charge in [-0.1, -0.05) is 0 Å². The Morgan fingerprint density at radius 2 is 1.71 bits per heavy atom. The third-order valence-corrected chi connectivity index (χ3v) is 4.48. The molecular weight excluding hydrogens is 303 g/mol. The molecule has 7 heteroatoms. The molecule has 1 heterocycles. The van der Waals surface area contributed by atoms with Crippen LogP contribution in [0.4, 0.5) is 13.2 Å². The molecule has 0 saturated carbocycles. The average molecular weight is 317 g/mol. The molecule has 0 N–H and O–H groups in total. The minimum atomic E-state index is -4.64. The van der Waals surface area contributed by atoms with E-state index in [2.05, 4.69) is 0 Å². The van der Waals surface area contributed by atoms with Crippen LogP contribution >= 0.6 is 0 Å². The van der Waals surface area contributed by atoms with Gasteiger partial charge in [0.05, 0.1) is 16.1 Å². The molecule has 0 spiro atoms. The summed E-state index contributed by atoms with van der Waals surface area (Å²) < 4.78 is 64.0. The summed E-state index contributed by atoms with van der Waals surface area (Å²) in [5.74, 6) is 0. The number of hydrogen-bond donors (Lipinski definition) is 0. The SMILES string of the molecule is Cc1ccn(-c2ccc(S(C)(=O)=O)cc2C(F)(F)F)c1C. The van der Waals surface area contributed by atoms with Crippen molar-refractivity contribution in [1.82, 2.24) is 4.57 Å². The highest BCUT2D eigenvalue weighted by Crippen LogP contribution is 2.36. The molecule has 114 valence electrons. The lowest BCUT2D eigenvalue weighted by Gasteiger charge is -2.16. The molecule has 0 saturated heterocycles. The van der Waals surface area contributed by atoms with E-state index in [1.807, 2.05) is 0 Å². The maximum atomic E-state index is 13.2. The predicted molar refractivity (Wildman–Crippen MR) is 73.4 cm³/mol. The molecular formula is C14H14F3NO2S. The van der Waals surface area contributed by atoms with Gasteiger partial charge >= 0.3 is 6.18 Å². The fourth-order valence-corrected chi connectivity index (χ4v) is 2.70. The molecule has 2 aromatic rings. The monoisotopic (exact) mass is 317 g/mol. The van der Waals surface area contributed by atoms with Gasteiger partial charge in [0, 0.05) is 18.1 Å². The molecule has 0 bridgehead atoms. The molecule has 0 aliphatic heterocycles. The largest absolute Gasteiger partial charge is 0.418 e. The molecule has 0 atom stereocenters. The number of rotatable bonds is 2. The van der Waals surface area contributed by atoms with Gasteiger partial charge in [0.2, 0.25) is 0 Å². The first-order chi connectivity index (χ1) is 9.51. The highest BCUT2D eigenvalue weighted by molar-refractivity contribution is 7.90. The third kappa shape index (κ3) is 2.97. The maximum Gasteiger partial charge on any atom is 0.418 e. The van der Waals surface area contributed by atoms with Crippen molar-refractivity contribution in [2.45, 2.75) is 24.9 Å². The van der Waals surface area contributed by atoms with E-state index in [0.717, 1.165) is 11.8 Å². The van der Waals surface area contributed by atoms with Gasteiger partial charge in [-0.05, 0) is 43.7 Å². The van der Waals surface area contributed by atoms with Crippen LogP contribution in [0.25, 0.3) is 5.69 Å². The summed E-state index contributed by atoms with van der Waals surface area (Å²) >= 11 is 0. The van der Waals surface area contributed by atoms with Gasteiger partial charge in [-0.25, -0.2) is 8.42 Å². The lowest BCUT2D eigenvalue weighted by atomic mass is 10.1. The summed E-state index contributed by atoms with van der Waals surface area (Å²) in [6, 6.07) is 4.76. The second kappa shape index (κ2) is 4.91. The molecule has 0 amide bonds. The first-order valence-corrected chi connectivity index (χ1v) is 7.97. The van der Waals surface area contributed by atoms with E-state index in [1.54, 1.807) is 19.9 Å². The van der Waals surface area contributed by atoms with Crippen molar-refractivity contribution in [1.29, 1.82) is 0 Å². The summed E-state index contributed by atoms with van der Waals surface area (Å²) in [6.45, 7) is 3.50. The summed E-state index contributed by atoms with van der Waals surface area (Å²) in [5, 5.41) is 0.